The van der Waals surface area contributed by atoms with E-state index in [1.165, 1.54) is 11.1 Å². The van der Waals surface area contributed by atoms with Crippen molar-refractivity contribution < 1.29 is 4.52 Å². The monoisotopic (exact) mass is 275 g/mol. The van der Waals surface area contributed by atoms with Crippen LogP contribution in [0, 0.1) is 0 Å². The minimum atomic E-state index is 0.577. The third-order valence-corrected chi connectivity index (χ3v) is 4.19. The molecule has 0 radical (unpaired) electrons. The van der Waals surface area contributed by atoms with Crippen molar-refractivity contribution in [1.29, 1.82) is 0 Å². The van der Waals surface area contributed by atoms with E-state index in [0.717, 1.165) is 30.2 Å². The molecule has 1 aromatic heterocycles. The zero-order chi connectivity index (χ0) is 13.2. The SMILES string of the molecule is CC(C)SCc1noc(-c2ccc3c(c2)CNC3)n1. The number of fused-ring (bicyclic) bond motifs is 1. The van der Waals surface area contributed by atoms with Crippen LogP contribution in [0.4, 0.5) is 0 Å². The second kappa shape index (κ2) is 5.35. The Kier molecular flexibility index (Phi) is 3.57. The van der Waals surface area contributed by atoms with E-state index < -0.39 is 0 Å². The average Bonchev–Trinajstić information content (AvgIpc) is 3.04. The molecule has 2 aromatic rings. The van der Waals surface area contributed by atoms with Gasteiger partial charge in [-0.1, -0.05) is 25.1 Å². The van der Waals surface area contributed by atoms with Crippen molar-refractivity contribution in [2.45, 2.75) is 37.9 Å². The van der Waals surface area contributed by atoms with E-state index in [4.69, 9.17) is 4.52 Å². The molecule has 0 unspecified atom stereocenters. The van der Waals surface area contributed by atoms with Gasteiger partial charge in [0.2, 0.25) is 0 Å². The maximum atomic E-state index is 5.35. The molecule has 100 valence electrons. The lowest BCUT2D eigenvalue weighted by molar-refractivity contribution is 0.425. The molecule has 1 aromatic carbocycles. The fourth-order valence-corrected chi connectivity index (χ4v) is 2.70. The van der Waals surface area contributed by atoms with Gasteiger partial charge in [0.1, 0.15) is 0 Å². The van der Waals surface area contributed by atoms with E-state index in [1.54, 1.807) is 0 Å². The Morgan fingerprint density at radius 3 is 3.00 bits per heavy atom. The van der Waals surface area contributed by atoms with E-state index in [0.29, 0.717) is 11.1 Å². The van der Waals surface area contributed by atoms with Crippen LogP contribution < -0.4 is 5.32 Å². The number of nitrogens with one attached hydrogen (secondary N) is 1. The molecule has 4 nitrogen and oxygen atoms in total. The Hall–Kier alpha value is -1.33. The topological polar surface area (TPSA) is 51.0 Å². The number of benzene rings is 1. The highest BCUT2D eigenvalue weighted by Gasteiger charge is 2.14. The molecule has 1 aliphatic heterocycles. The van der Waals surface area contributed by atoms with Gasteiger partial charge in [0.05, 0.1) is 5.75 Å². The predicted octanol–water partition coefficient (Wildman–Crippen LogP) is 2.98. The largest absolute Gasteiger partial charge is 0.334 e. The molecule has 0 aliphatic carbocycles. The van der Waals surface area contributed by atoms with Gasteiger partial charge in [-0.2, -0.15) is 16.7 Å². The average molecular weight is 275 g/mol. The van der Waals surface area contributed by atoms with Crippen molar-refractivity contribution in [3.05, 3.63) is 35.2 Å². The van der Waals surface area contributed by atoms with Crippen molar-refractivity contribution >= 4 is 11.8 Å². The van der Waals surface area contributed by atoms with Crippen LogP contribution in [0.25, 0.3) is 11.5 Å². The third-order valence-electron chi connectivity index (χ3n) is 3.10. The van der Waals surface area contributed by atoms with Crippen molar-refractivity contribution in [3.63, 3.8) is 0 Å². The van der Waals surface area contributed by atoms with E-state index in [2.05, 4.69) is 47.5 Å². The number of nitrogens with zero attached hydrogens (tertiary/aromatic N) is 2. The van der Waals surface area contributed by atoms with Crippen LogP contribution in [0.5, 0.6) is 0 Å². The number of hydrogen-bond donors (Lipinski definition) is 1. The van der Waals surface area contributed by atoms with Gasteiger partial charge < -0.3 is 9.84 Å². The maximum absolute atomic E-state index is 5.35. The predicted molar refractivity (Wildman–Crippen MR) is 76.7 cm³/mol. The van der Waals surface area contributed by atoms with Crippen LogP contribution in [-0.2, 0) is 18.8 Å². The van der Waals surface area contributed by atoms with Crippen LogP contribution in [0.1, 0.15) is 30.8 Å². The standard InChI is InChI=1S/C14H17N3OS/c1-9(2)19-8-13-16-14(18-17-13)10-3-4-11-6-15-7-12(11)5-10/h3-5,9,15H,6-8H2,1-2H3. The Balaban J connectivity index is 1.79. The van der Waals surface area contributed by atoms with E-state index >= 15 is 0 Å². The molecule has 3 rings (SSSR count). The maximum Gasteiger partial charge on any atom is 0.257 e. The second-order valence-corrected chi connectivity index (χ2v) is 6.53. The summed E-state index contributed by atoms with van der Waals surface area (Å²) in [5, 5.41) is 7.95. The Bertz CT molecular complexity index is 580. The quantitative estimate of drug-likeness (QED) is 0.929. The first-order valence-corrected chi connectivity index (χ1v) is 7.54. The summed E-state index contributed by atoms with van der Waals surface area (Å²) in [5.74, 6) is 2.19. The lowest BCUT2D eigenvalue weighted by Gasteiger charge is -2.00. The zero-order valence-corrected chi connectivity index (χ0v) is 12.0. The lowest BCUT2D eigenvalue weighted by Crippen LogP contribution is -1.99. The molecule has 1 N–H and O–H groups in total. The summed E-state index contributed by atoms with van der Waals surface area (Å²) in [7, 11) is 0. The first kappa shape index (κ1) is 12.7. The summed E-state index contributed by atoms with van der Waals surface area (Å²) >= 11 is 1.82. The van der Waals surface area contributed by atoms with Crippen molar-refractivity contribution in [2.75, 3.05) is 0 Å². The molecule has 5 heteroatoms. The summed E-state index contributed by atoms with van der Waals surface area (Å²) in [5.41, 5.74) is 3.70. The molecule has 0 spiro atoms. The van der Waals surface area contributed by atoms with Gasteiger partial charge in [-0.3, -0.25) is 0 Å². The molecule has 2 heterocycles. The summed E-state index contributed by atoms with van der Waals surface area (Å²) in [4.78, 5) is 4.46. The molecular weight excluding hydrogens is 258 g/mol. The Morgan fingerprint density at radius 1 is 1.32 bits per heavy atom. The van der Waals surface area contributed by atoms with Gasteiger partial charge in [-0.25, -0.2) is 0 Å². The van der Waals surface area contributed by atoms with Gasteiger partial charge in [-0.05, 0) is 28.5 Å². The second-order valence-electron chi connectivity index (χ2n) is 4.96. The van der Waals surface area contributed by atoms with Gasteiger partial charge in [0, 0.05) is 18.7 Å². The number of rotatable bonds is 4. The minimum absolute atomic E-state index is 0.577. The van der Waals surface area contributed by atoms with Gasteiger partial charge in [0.15, 0.2) is 5.82 Å². The van der Waals surface area contributed by atoms with Crippen LogP contribution >= 0.6 is 11.8 Å². The fraction of sp³-hybridized carbons (Fsp3) is 0.429. The van der Waals surface area contributed by atoms with Gasteiger partial charge in [0.25, 0.3) is 5.89 Å². The summed E-state index contributed by atoms with van der Waals surface area (Å²) in [6, 6.07) is 6.33. The number of aromatic nitrogens is 2. The third kappa shape index (κ3) is 2.82. The highest BCUT2D eigenvalue weighted by molar-refractivity contribution is 7.99. The molecule has 0 atom stereocenters. The Labute approximate surface area is 117 Å². The van der Waals surface area contributed by atoms with Crippen LogP contribution in [0.15, 0.2) is 22.7 Å². The first-order chi connectivity index (χ1) is 9.22. The molecule has 19 heavy (non-hydrogen) atoms. The van der Waals surface area contributed by atoms with Crippen molar-refractivity contribution in [1.82, 2.24) is 15.5 Å². The molecule has 0 fully saturated rings. The summed E-state index contributed by atoms with van der Waals surface area (Å²) < 4.78 is 5.35. The highest BCUT2D eigenvalue weighted by Crippen LogP contribution is 2.24. The summed E-state index contributed by atoms with van der Waals surface area (Å²) in [6.07, 6.45) is 0. The van der Waals surface area contributed by atoms with Crippen LogP contribution in [0.2, 0.25) is 0 Å². The lowest BCUT2D eigenvalue weighted by atomic mass is 10.1. The number of hydrogen-bond acceptors (Lipinski definition) is 5. The first-order valence-electron chi connectivity index (χ1n) is 6.49. The van der Waals surface area contributed by atoms with E-state index in [1.807, 2.05) is 11.8 Å². The molecule has 0 amide bonds. The molecule has 0 saturated carbocycles. The normalized spacial score (nSPS) is 14.1. The molecule has 0 saturated heterocycles. The number of thioether (sulfide) groups is 1. The molecule has 1 aliphatic rings. The highest BCUT2D eigenvalue weighted by atomic mass is 32.2. The van der Waals surface area contributed by atoms with Gasteiger partial charge in [-0.15, -0.1) is 0 Å². The minimum Gasteiger partial charge on any atom is -0.334 e. The van der Waals surface area contributed by atoms with E-state index in [-0.39, 0.29) is 0 Å². The molecular formula is C14H17N3OS. The van der Waals surface area contributed by atoms with Crippen molar-refractivity contribution in [2.24, 2.45) is 0 Å². The van der Waals surface area contributed by atoms with E-state index in [9.17, 15) is 0 Å². The summed E-state index contributed by atoms with van der Waals surface area (Å²) in [6.45, 7) is 6.21. The van der Waals surface area contributed by atoms with Crippen molar-refractivity contribution in [3.8, 4) is 11.5 Å². The fourth-order valence-electron chi connectivity index (χ4n) is 2.10. The van der Waals surface area contributed by atoms with Crippen LogP contribution in [0.3, 0.4) is 0 Å². The Morgan fingerprint density at radius 2 is 2.16 bits per heavy atom. The molecule has 0 bridgehead atoms. The smallest absolute Gasteiger partial charge is 0.257 e. The van der Waals surface area contributed by atoms with Gasteiger partial charge >= 0.3 is 0 Å². The zero-order valence-electron chi connectivity index (χ0n) is 11.1. The van der Waals surface area contributed by atoms with Crippen LogP contribution in [-0.4, -0.2) is 15.4 Å².